The average molecular weight is 366 g/mol. The number of nitrogens with two attached hydrogens (primary N) is 1. The van der Waals surface area contributed by atoms with E-state index in [-0.39, 0.29) is 23.7 Å². The summed E-state index contributed by atoms with van der Waals surface area (Å²) in [4.78, 5) is 13.9. The molecule has 3 N–H and O–H groups in total. The minimum atomic E-state index is -3.57. The number of likely N-dealkylation sites (tertiary alicyclic amines) is 1. The van der Waals surface area contributed by atoms with E-state index in [9.17, 15) is 13.2 Å². The van der Waals surface area contributed by atoms with E-state index in [1.807, 2.05) is 6.92 Å². The summed E-state index contributed by atoms with van der Waals surface area (Å²) in [5, 5.41) is 2.81. The zero-order chi connectivity index (χ0) is 18.0. The molecule has 1 aromatic carbocycles. The van der Waals surface area contributed by atoms with Gasteiger partial charge in [0.25, 0.3) is 10.0 Å². The maximum Gasteiger partial charge on any atom is 0.317 e. The summed E-state index contributed by atoms with van der Waals surface area (Å²) >= 11 is 0. The number of ether oxygens (including phenoxy) is 1. The first kappa shape index (κ1) is 17.5. The third kappa shape index (κ3) is 3.71. The summed E-state index contributed by atoms with van der Waals surface area (Å²) in [5.74, 6) is 0.259. The Balaban J connectivity index is 1.76. The van der Waals surface area contributed by atoms with Crippen LogP contribution in [0.3, 0.4) is 0 Å². The lowest BCUT2D eigenvalue weighted by molar-refractivity contribution is 0.165. The Morgan fingerprint density at radius 1 is 1.48 bits per heavy atom. The summed E-state index contributed by atoms with van der Waals surface area (Å²) in [6.07, 6.45) is 1.80. The smallest absolute Gasteiger partial charge is 0.317 e. The van der Waals surface area contributed by atoms with Crippen LogP contribution in [0.25, 0.3) is 0 Å². The molecular weight excluding hydrogens is 344 g/mol. The summed E-state index contributed by atoms with van der Waals surface area (Å²) in [7, 11) is -3.57. The number of carbonyl (C=O) groups is 1. The molecule has 2 amide bonds. The maximum atomic E-state index is 12.1. The van der Waals surface area contributed by atoms with E-state index < -0.39 is 10.0 Å². The van der Waals surface area contributed by atoms with E-state index in [1.54, 1.807) is 23.1 Å². The van der Waals surface area contributed by atoms with Gasteiger partial charge in [0.2, 0.25) is 0 Å². The Morgan fingerprint density at radius 3 is 3.04 bits per heavy atom. The Morgan fingerprint density at radius 2 is 2.28 bits per heavy atom. The van der Waals surface area contributed by atoms with Crippen molar-refractivity contribution in [2.45, 2.75) is 31.6 Å². The maximum absolute atomic E-state index is 12.1. The molecular formula is C16H22N4O4S. The van der Waals surface area contributed by atoms with Gasteiger partial charge in [0.15, 0.2) is 0 Å². The Hall–Kier alpha value is -2.29. The predicted octanol–water partition coefficient (Wildman–Crippen LogP) is 0.808. The van der Waals surface area contributed by atoms with Gasteiger partial charge in [0.05, 0.1) is 17.4 Å². The van der Waals surface area contributed by atoms with Crippen LogP contribution in [-0.2, 0) is 15.8 Å². The largest absolute Gasteiger partial charge is 0.491 e. The van der Waals surface area contributed by atoms with Crippen molar-refractivity contribution in [1.29, 1.82) is 0 Å². The van der Waals surface area contributed by atoms with Crippen LogP contribution in [0.15, 0.2) is 22.6 Å². The van der Waals surface area contributed by atoms with Gasteiger partial charge in [0.1, 0.15) is 18.2 Å². The minimum absolute atomic E-state index is 0.0205. The molecule has 3 rings (SSSR count). The molecule has 25 heavy (non-hydrogen) atoms. The molecule has 136 valence electrons. The highest BCUT2D eigenvalue weighted by atomic mass is 32.2. The molecule has 9 heteroatoms. The number of carbonyl (C=O) groups excluding carboxylic acids is 1. The van der Waals surface area contributed by atoms with E-state index in [0.29, 0.717) is 36.6 Å². The van der Waals surface area contributed by atoms with Crippen LogP contribution in [0.2, 0.25) is 0 Å². The zero-order valence-corrected chi connectivity index (χ0v) is 14.9. The van der Waals surface area contributed by atoms with Crippen molar-refractivity contribution in [3.63, 3.8) is 0 Å². The van der Waals surface area contributed by atoms with E-state index >= 15 is 0 Å². The van der Waals surface area contributed by atoms with Crippen LogP contribution in [0.1, 0.15) is 30.9 Å². The lowest BCUT2D eigenvalue weighted by atomic mass is 10.1. The monoisotopic (exact) mass is 366 g/mol. The third-order valence-electron chi connectivity index (χ3n) is 4.34. The van der Waals surface area contributed by atoms with Gasteiger partial charge in [-0.1, -0.05) is 12.1 Å². The van der Waals surface area contributed by atoms with E-state index in [2.05, 4.69) is 9.71 Å². The van der Waals surface area contributed by atoms with Gasteiger partial charge in [0, 0.05) is 13.1 Å². The molecule has 0 aliphatic carbocycles. The van der Waals surface area contributed by atoms with Gasteiger partial charge in [-0.05, 0) is 31.4 Å². The zero-order valence-electron chi connectivity index (χ0n) is 14.1. The fourth-order valence-corrected chi connectivity index (χ4v) is 4.34. The number of amidine groups is 1. The fraction of sp³-hybridized carbons (Fsp3) is 0.500. The van der Waals surface area contributed by atoms with Gasteiger partial charge >= 0.3 is 6.03 Å². The summed E-state index contributed by atoms with van der Waals surface area (Å²) in [6.45, 7) is 3.49. The number of nitrogens with zero attached hydrogens (tertiary/aromatic N) is 2. The van der Waals surface area contributed by atoms with Gasteiger partial charge in [-0.2, -0.15) is 0 Å². The average Bonchev–Trinajstić information content (AvgIpc) is 3.00. The predicted molar refractivity (Wildman–Crippen MR) is 94.1 cm³/mol. The second-order valence-corrected chi connectivity index (χ2v) is 7.76. The standard InChI is InChI=1S/C16H22N4O4S/c1-2-18-16(21)20-8-4-6-12(20)9-24-13-7-3-5-11-10-25(22,23)19-15(17)14(11)13/h3,5,7,12H,2,4,6,8-10H2,1H3,(H2,17,19)(H,18,21)/t12-/m1/s1. The van der Waals surface area contributed by atoms with Crippen LogP contribution >= 0.6 is 0 Å². The number of fused-ring (bicyclic) bond motifs is 1. The fourth-order valence-electron chi connectivity index (χ4n) is 3.25. The minimum Gasteiger partial charge on any atom is -0.491 e. The number of sulfonamides is 1. The van der Waals surface area contributed by atoms with Gasteiger partial charge in [-0.15, -0.1) is 4.40 Å². The van der Waals surface area contributed by atoms with Crippen molar-refractivity contribution in [3.8, 4) is 5.75 Å². The molecule has 2 aliphatic heterocycles. The molecule has 1 atom stereocenters. The molecule has 0 aromatic heterocycles. The third-order valence-corrected chi connectivity index (χ3v) is 5.49. The topological polar surface area (TPSA) is 114 Å². The molecule has 0 saturated carbocycles. The molecule has 1 aromatic rings. The number of hydrogen-bond acceptors (Lipinski definition) is 5. The lowest BCUT2D eigenvalue weighted by Gasteiger charge is -2.26. The number of hydrogen-bond donors (Lipinski definition) is 2. The van der Waals surface area contributed by atoms with Crippen molar-refractivity contribution in [3.05, 3.63) is 29.3 Å². The van der Waals surface area contributed by atoms with E-state index in [1.165, 1.54) is 0 Å². The highest BCUT2D eigenvalue weighted by Gasteiger charge is 2.30. The van der Waals surface area contributed by atoms with Crippen molar-refractivity contribution in [2.24, 2.45) is 10.1 Å². The lowest BCUT2D eigenvalue weighted by Crippen LogP contribution is -2.45. The first-order valence-corrected chi connectivity index (χ1v) is 9.90. The molecule has 0 radical (unpaired) electrons. The second-order valence-electron chi connectivity index (χ2n) is 6.13. The molecule has 2 heterocycles. The summed E-state index contributed by atoms with van der Waals surface area (Å²) in [6, 6.07) is 5.07. The highest BCUT2D eigenvalue weighted by molar-refractivity contribution is 7.89. The first-order chi connectivity index (χ1) is 11.9. The molecule has 1 fully saturated rings. The van der Waals surface area contributed by atoms with Crippen molar-refractivity contribution < 1.29 is 17.9 Å². The van der Waals surface area contributed by atoms with Crippen molar-refractivity contribution in [1.82, 2.24) is 10.2 Å². The van der Waals surface area contributed by atoms with Crippen LogP contribution < -0.4 is 15.8 Å². The van der Waals surface area contributed by atoms with Crippen molar-refractivity contribution in [2.75, 3.05) is 19.7 Å². The second kappa shape index (κ2) is 6.91. The molecule has 0 bridgehead atoms. The molecule has 1 saturated heterocycles. The van der Waals surface area contributed by atoms with E-state index in [4.69, 9.17) is 10.5 Å². The number of rotatable bonds is 4. The quantitative estimate of drug-likeness (QED) is 0.818. The number of amides is 2. The summed E-state index contributed by atoms with van der Waals surface area (Å²) in [5.41, 5.74) is 6.95. The highest BCUT2D eigenvalue weighted by Crippen LogP contribution is 2.29. The Labute approximate surface area is 147 Å². The molecule has 8 nitrogen and oxygen atoms in total. The van der Waals surface area contributed by atoms with Crippen LogP contribution in [0, 0.1) is 0 Å². The SMILES string of the molecule is CCNC(=O)N1CCC[C@@H]1COc1cccc2c1C(N)=NS(=O)(=O)C2. The summed E-state index contributed by atoms with van der Waals surface area (Å²) < 4.78 is 32.9. The van der Waals surface area contributed by atoms with Crippen LogP contribution in [0.5, 0.6) is 5.75 Å². The Kier molecular flexibility index (Phi) is 4.85. The molecule has 0 spiro atoms. The van der Waals surface area contributed by atoms with Gasteiger partial charge in [-0.3, -0.25) is 0 Å². The molecule has 2 aliphatic rings. The van der Waals surface area contributed by atoms with Gasteiger partial charge in [-0.25, -0.2) is 13.2 Å². The van der Waals surface area contributed by atoms with Crippen LogP contribution in [0.4, 0.5) is 4.79 Å². The molecule has 0 unspecified atom stereocenters. The van der Waals surface area contributed by atoms with Crippen LogP contribution in [-0.4, -0.2) is 50.9 Å². The Bertz CT molecular complexity index is 806. The van der Waals surface area contributed by atoms with E-state index in [0.717, 1.165) is 12.8 Å². The first-order valence-electron chi connectivity index (χ1n) is 8.29. The van der Waals surface area contributed by atoms with Crippen molar-refractivity contribution >= 4 is 21.9 Å². The normalized spacial score (nSPS) is 21.4. The number of nitrogens with one attached hydrogen (secondary N) is 1. The number of benzene rings is 1. The number of urea groups is 1. The van der Waals surface area contributed by atoms with Gasteiger partial charge < -0.3 is 20.7 Å².